The number of hydrazine groups is 1. The number of amides is 2. The van der Waals surface area contributed by atoms with Crippen LogP contribution in [0.25, 0.3) is 0 Å². The van der Waals surface area contributed by atoms with Crippen molar-refractivity contribution in [1.82, 2.24) is 10.9 Å². The Morgan fingerprint density at radius 3 is 2.52 bits per heavy atom. The van der Waals surface area contributed by atoms with Crippen LogP contribution < -0.4 is 20.3 Å². The molecule has 2 aromatic carbocycles. The van der Waals surface area contributed by atoms with Crippen LogP contribution in [-0.4, -0.2) is 37.6 Å². The summed E-state index contributed by atoms with van der Waals surface area (Å²) in [5.74, 6) is -2.16. The van der Waals surface area contributed by atoms with Crippen LogP contribution in [0.4, 0.5) is 4.39 Å². The lowest BCUT2D eigenvalue weighted by Crippen LogP contribution is -2.43. The first-order chi connectivity index (χ1) is 13.0. The van der Waals surface area contributed by atoms with Gasteiger partial charge in [0.25, 0.3) is 11.8 Å². The van der Waals surface area contributed by atoms with E-state index >= 15 is 0 Å². The summed E-state index contributed by atoms with van der Waals surface area (Å²) in [7, 11) is 0. The van der Waals surface area contributed by atoms with Crippen molar-refractivity contribution in [2.45, 2.75) is 0 Å². The first kappa shape index (κ1) is 18.2. The SMILES string of the molecule is O=C(COC(=O)c1ccc2c(c1)OCCO2)NNC(=O)c1ccccc1F. The molecule has 1 heterocycles. The molecule has 0 bridgehead atoms. The predicted octanol–water partition coefficient (Wildman–Crippen LogP) is 1.21. The minimum absolute atomic E-state index is 0.183. The second-order valence-electron chi connectivity index (χ2n) is 5.42. The Balaban J connectivity index is 1.48. The van der Waals surface area contributed by atoms with Crippen LogP contribution in [0.3, 0.4) is 0 Å². The fraction of sp³-hybridized carbons (Fsp3) is 0.167. The molecule has 0 aromatic heterocycles. The van der Waals surface area contributed by atoms with E-state index < -0.39 is 30.2 Å². The van der Waals surface area contributed by atoms with Crippen LogP contribution in [0.2, 0.25) is 0 Å². The summed E-state index contributed by atoms with van der Waals surface area (Å²) in [6.45, 7) is 0.163. The number of esters is 1. The molecule has 2 N–H and O–H groups in total. The standard InChI is InChI=1S/C18H15FN2O6/c19-13-4-2-1-3-12(13)17(23)21-20-16(22)10-27-18(24)11-5-6-14-15(9-11)26-8-7-25-14/h1-6,9H,7-8,10H2,(H,20,22)(H,21,23). The van der Waals surface area contributed by atoms with Crippen LogP contribution in [0.5, 0.6) is 11.5 Å². The summed E-state index contributed by atoms with van der Waals surface area (Å²) in [5.41, 5.74) is 4.03. The Hall–Kier alpha value is -3.62. The van der Waals surface area contributed by atoms with Gasteiger partial charge in [0.15, 0.2) is 18.1 Å². The monoisotopic (exact) mass is 374 g/mol. The summed E-state index contributed by atoms with van der Waals surface area (Å²) in [6.07, 6.45) is 0. The molecule has 8 nitrogen and oxygen atoms in total. The summed E-state index contributed by atoms with van der Waals surface area (Å²) in [6, 6.07) is 9.80. The summed E-state index contributed by atoms with van der Waals surface area (Å²) < 4.78 is 29.0. The number of fused-ring (bicyclic) bond motifs is 1. The van der Waals surface area contributed by atoms with Crippen LogP contribution in [0.15, 0.2) is 42.5 Å². The van der Waals surface area contributed by atoms with Crippen molar-refractivity contribution in [2.24, 2.45) is 0 Å². The quantitative estimate of drug-likeness (QED) is 0.616. The van der Waals surface area contributed by atoms with E-state index in [1.165, 1.54) is 30.3 Å². The lowest BCUT2D eigenvalue weighted by molar-refractivity contribution is -0.125. The number of carbonyl (C=O) groups is 3. The third-order valence-corrected chi connectivity index (χ3v) is 3.55. The van der Waals surface area contributed by atoms with Gasteiger partial charge in [0.05, 0.1) is 11.1 Å². The molecule has 0 saturated heterocycles. The molecule has 3 rings (SSSR count). The van der Waals surface area contributed by atoms with Crippen LogP contribution >= 0.6 is 0 Å². The van der Waals surface area contributed by atoms with Gasteiger partial charge in [-0.15, -0.1) is 0 Å². The maximum atomic E-state index is 13.5. The molecule has 0 spiro atoms. The smallest absolute Gasteiger partial charge is 0.338 e. The largest absolute Gasteiger partial charge is 0.486 e. The lowest BCUT2D eigenvalue weighted by atomic mass is 10.2. The topological polar surface area (TPSA) is 103 Å². The van der Waals surface area contributed by atoms with Gasteiger partial charge in [-0.05, 0) is 30.3 Å². The molecule has 9 heteroatoms. The van der Waals surface area contributed by atoms with Gasteiger partial charge in [0.1, 0.15) is 19.0 Å². The van der Waals surface area contributed by atoms with E-state index in [2.05, 4.69) is 0 Å². The van der Waals surface area contributed by atoms with Crippen LogP contribution in [0, 0.1) is 5.82 Å². The number of benzene rings is 2. The molecule has 0 atom stereocenters. The van der Waals surface area contributed by atoms with E-state index in [0.717, 1.165) is 6.07 Å². The number of hydrogen-bond donors (Lipinski definition) is 2. The summed E-state index contributed by atoms with van der Waals surface area (Å²) in [5, 5.41) is 0. The normalized spacial score (nSPS) is 12.0. The van der Waals surface area contributed by atoms with E-state index in [-0.39, 0.29) is 11.1 Å². The van der Waals surface area contributed by atoms with Gasteiger partial charge in [-0.3, -0.25) is 20.4 Å². The van der Waals surface area contributed by atoms with Gasteiger partial charge >= 0.3 is 5.97 Å². The molecule has 0 unspecified atom stereocenters. The third kappa shape index (κ3) is 4.51. The van der Waals surface area contributed by atoms with Gasteiger partial charge in [0, 0.05) is 0 Å². The first-order valence-electron chi connectivity index (χ1n) is 7.95. The average Bonchev–Trinajstić information content (AvgIpc) is 2.70. The zero-order valence-electron chi connectivity index (χ0n) is 14.0. The zero-order valence-corrected chi connectivity index (χ0v) is 14.0. The van der Waals surface area contributed by atoms with E-state index in [9.17, 15) is 18.8 Å². The van der Waals surface area contributed by atoms with Crippen molar-refractivity contribution in [1.29, 1.82) is 0 Å². The van der Waals surface area contributed by atoms with Crippen LogP contribution in [-0.2, 0) is 9.53 Å². The van der Waals surface area contributed by atoms with E-state index in [1.807, 2.05) is 10.9 Å². The van der Waals surface area contributed by atoms with Crippen molar-refractivity contribution < 1.29 is 33.0 Å². The maximum Gasteiger partial charge on any atom is 0.338 e. The van der Waals surface area contributed by atoms with Crippen LogP contribution in [0.1, 0.15) is 20.7 Å². The molecule has 0 fully saturated rings. The Bertz CT molecular complexity index is 886. The Morgan fingerprint density at radius 2 is 1.74 bits per heavy atom. The van der Waals surface area contributed by atoms with E-state index in [4.69, 9.17) is 14.2 Å². The van der Waals surface area contributed by atoms with Gasteiger partial charge in [-0.2, -0.15) is 0 Å². The molecule has 0 saturated carbocycles. The highest BCUT2D eigenvalue weighted by molar-refractivity contribution is 5.96. The summed E-state index contributed by atoms with van der Waals surface area (Å²) in [4.78, 5) is 35.5. The Labute approximate surface area is 153 Å². The summed E-state index contributed by atoms with van der Waals surface area (Å²) >= 11 is 0. The van der Waals surface area contributed by atoms with Gasteiger partial charge in [-0.25, -0.2) is 9.18 Å². The highest BCUT2D eigenvalue weighted by atomic mass is 19.1. The Morgan fingerprint density at radius 1 is 1.00 bits per heavy atom. The molecular weight excluding hydrogens is 359 g/mol. The molecule has 27 heavy (non-hydrogen) atoms. The van der Waals surface area contributed by atoms with Crippen molar-refractivity contribution in [3.8, 4) is 11.5 Å². The number of ether oxygens (including phenoxy) is 3. The molecule has 0 radical (unpaired) electrons. The predicted molar refractivity (Wildman–Crippen MR) is 89.7 cm³/mol. The molecule has 2 aromatic rings. The van der Waals surface area contributed by atoms with Gasteiger partial charge in [-0.1, -0.05) is 12.1 Å². The fourth-order valence-electron chi connectivity index (χ4n) is 2.26. The molecule has 0 aliphatic carbocycles. The zero-order chi connectivity index (χ0) is 19.2. The lowest BCUT2D eigenvalue weighted by Gasteiger charge is -2.18. The molecule has 2 amide bonds. The van der Waals surface area contributed by atoms with Crippen molar-refractivity contribution in [2.75, 3.05) is 19.8 Å². The number of halogens is 1. The number of nitrogens with one attached hydrogen (secondary N) is 2. The minimum atomic E-state index is -0.834. The minimum Gasteiger partial charge on any atom is -0.486 e. The number of hydrogen-bond acceptors (Lipinski definition) is 6. The van der Waals surface area contributed by atoms with Crippen molar-refractivity contribution in [3.63, 3.8) is 0 Å². The highest BCUT2D eigenvalue weighted by Gasteiger charge is 2.17. The number of rotatable bonds is 4. The van der Waals surface area contributed by atoms with Gasteiger partial charge < -0.3 is 14.2 Å². The second-order valence-corrected chi connectivity index (χ2v) is 5.42. The number of carbonyl (C=O) groups excluding carboxylic acids is 3. The first-order valence-corrected chi connectivity index (χ1v) is 7.95. The van der Waals surface area contributed by atoms with E-state index in [0.29, 0.717) is 24.7 Å². The highest BCUT2D eigenvalue weighted by Crippen LogP contribution is 2.30. The Kier molecular flexibility index (Phi) is 5.50. The molecule has 1 aliphatic rings. The van der Waals surface area contributed by atoms with E-state index in [1.54, 1.807) is 6.07 Å². The third-order valence-electron chi connectivity index (χ3n) is 3.55. The molecule has 140 valence electrons. The van der Waals surface area contributed by atoms with Crippen molar-refractivity contribution in [3.05, 3.63) is 59.4 Å². The maximum absolute atomic E-state index is 13.5. The molecule has 1 aliphatic heterocycles. The van der Waals surface area contributed by atoms with Crippen molar-refractivity contribution >= 4 is 17.8 Å². The molecular formula is C18H15FN2O6. The fourth-order valence-corrected chi connectivity index (χ4v) is 2.26. The van der Waals surface area contributed by atoms with Gasteiger partial charge in [0.2, 0.25) is 0 Å². The average molecular weight is 374 g/mol. The second kappa shape index (κ2) is 8.17.